The van der Waals surface area contributed by atoms with Crippen LogP contribution in [0.3, 0.4) is 0 Å². The van der Waals surface area contributed by atoms with Gasteiger partial charge in [0, 0.05) is 12.8 Å². The zero-order valence-corrected chi connectivity index (χ0v) is 15.8. The van der Waals surface area contributed by atoms with E-state index in [0.717, 1.165) is 0 Å². The Hall–Kier alpha value is -3.67. The van der Waals surface area contributed by atoms with Gasteiger partial charge >= 0.3 is 17.9 Å². The monoisotopic (exact) mass is 425 g/mol. The van der Waals surface area contributed by atoms with Crippen molar-refractivity contribution in [3.8, 4) is 5.75 Å². The third kappa shape index (κ3) is 8.56. The van der Waals surface area contributed by atoms with Gasteiger partial charge in [-0.25, -0.2) is 4.79 Å². The molecule has 0 aromatic heterocycles. The van der Waals surface area contributed by atoms with Crippen LogP contribution in [0.2, 0.25) is 0 Å². The zero-order valence-electron chi connectivity index (χ0n) is 15.8. The summed E-state index contributed by atoms with van der Waals surface area (Å²) in [5.74, 6) is -5.92. The summed E-state index contributed by atoms with van der Waals surface area (Å²) in [6.07, 6.45) is -1.69. The number of carbonyl (C=O) groups excluding carboxylic acids is 2. The first kappa shape index (κ1) is 24.4. The highest BCUT2D eigenvalue weighted by Gasteiger charge is 2.29. The molecule has 0 spiro atoms. The van der Waals surface area contributed by atoms with E-state index < -0.39 is 60.7 Å². The topological polar surface area (TPSA) is 216 Å². The standard InChI is InChI=1S/C18H23N3O9/c19-11(8-15(25)26)16(27)21-13(7-9-1-3-10(22)4-2-9)17(28)20-12(18(29)30)5-6-14(23)24/h1-4,11-13,22H,5-8,19H2,(H,20,28)(H,21,27)(H,23,24)(H,25,26)(H,29,30)/t11-,12-,13-/m0/s1. The lowest BCUT2D eigenvalue weighted by Gasteiger charge is -2.22. The lowest BCUT2D eigenvalue weighted by molar-refractivity contribution is -0.143. The molecule has 0 fully saturated rings. The fraction of sp³-hybridized carbons (Fsp3) is 0.389. The molecule has 1 rings (SSSR count). The normalized spacial score (nSPS) is 13.5. The summed E-state index contributed by atoms with van der Waals surface area (Å²) < 4.78 is 0. The minimum atomic E-state index is -1.51. The van der Waals surface area contributed by atoms with Crippen LogP contribution in [-0.2, 0) is 30.4 Å². The predicted molar refractivity (Wildman–Crippen MR) is 100 cm³/mol. The fourth-order valence-electron chi connectivity index (χ4n) is 2.43. The van der Waals surface area contributed by atoms with E-state index in [1.165, 1.54) is 24.3 Å². The summed E-state index contributed by atoms with van der Waals surface area (Å²) in [6.45, 7) is 0. The van der Waals surface area contributed by atoms with Crippen LogP contribution in [0.5, 0.6) is 5.75 Å². The van der Waals surface area contributed by atoms with Crippen LogP contribution in [0, 0.1) is 0 Å². The molecule has 0 saturated heterocycles. The molecule has 0 bridgehead atoms. The van der Waals surface area contributed by atoms with Gasteiger partial charge in [0.25, 0.3) is 0 Å². The molecule has 0 aliphatic heterocycles. The number of nitrogens with two attached hydrogens (primary N) is 1. The molecule has 30 heavy (non-hydrogen) atoms. The molecule has 0 aliphatic carbocycles. The summed E-state index contributed by atoms with van der Waals surface area (Å²) in [5, 5.41) is 40.5. The van der Waals surface area contributed by atoms with Gasteiger partial charge in [0.05, 0.1) is 12.5 Å². The van der Waals surface area contributed by atoms with Crippen molar-refractivity contribution in [3.05, 3.63) is 29.8 Å². The average molecular weight is 425 g/mol. The Morgan fingerprint density at radius 2 is 1.43 bits per heavy atom. The second-order valence-corrected chi connectivity index (χ2v) is 6.47. The maximum Gasteiger partial charge on any atom is 0.326 e. The number of rotatable bonds is 12. The van der Waals surface area contributed by atoms with Gasteiger partial charge in [-0.15, -0.1) is 0 Å². The van der Waals surface area contributed by atoms with Crippen LogP contribution >= 0.6 is 0 Å². The zero-order chi connectivity index (χ0) is 22.8. The molecule has 0 unspecified atom stereocenters. The first-order valence-electron chi connectivity index (χ1n) is 8.80. The Balaban J connectivity index is 2.98. The van der Waals surface area contributed by atoms with E-state index in [0.29, 0.717) is 5.56 Å². The summed E-state index contributed by atoms with van der Waals surface area (Å²) in [4.78, 5) is 57.5. The van der Waals surface area contributed by atoms with Gasteiger partial charge in [-0.2, -0.15) is 0 Å². The van der Waals surface area contributed by atoms with Gasteiger partial charge in [0.1, 0.15) is 17.8 Å². The SMILES string of the molecule is N[C@@H](CC(=O)O)C(=O)N[C@@H](Cc1ccc(O)cc1)C(=O)N[C@@H](CCC(=O)O)C(=O)O. The first-order valence-corrected chi connectivity index (χ1v) is 8.80. The smallest absolute Gasteiger partial charge is 0.326 e. The van der Waals surface area contributed by atoms with Crippen molar-refractivity contribution in [3.63, 3.8) is 0 Å². The number of carboxylic acid groups (broad SMARTS) is 3. The van der Waals surface area contributed by atoms with E-state index in [9.17, 15) is 34.2 Å². The number of carbonyl (C=O) groups is 5. The molecule has 8 N–H and O–H groups in total. The number of aliphatic carboxylic acids is 3. The van der Waals surface area contributed by atoms with Crippen molar-refractivity contribution in [1.29, 1.82) is 0 Å². The summed E-state index contributed by atoms with van der Waals surface area (Å²) in [5.41, 5.74) is 5.99. The molecule has 0 heterocycles. The van der Waals surface area contributed by atoms with Crippen LogP contribution in [0.1, 0.15) is 24.8 Å². The molecule has 12 heteroatoms. The molecular weight excluding hydrogens is 402 g/mol. The number of benzene rings is 1. The van der Waals surface area contributed by atoms with Crippen LogP contribution < -0.4 is 16.4 Å². The van der Waals surface area contributed by atoms with Crippen molar-refractivity contribution >= 4 is 29.7 Å². The highest BCUT2D eigenvalue weighted by Crippen LogP contribution is 2.12. The fourth-order valence-corrected chi connectivity index (χ4v) is 2.43. The maximum absolute atomic E-state index is 12.6. The largest absolute Gasteiger partial charge is 0.508 e. The van der Waals surface area contributed by atoms with E-state index in [1.54, 1.807) is 0 Å². The third-order valence-electron chi connectivity index (χ3n) is 4.00. The van der Waals surface area contributed by atoms with Gasteiger partial charge in [0.2, 0.25) is 11.8 Å². The molecule has 164 valence electrons. The van der Waals surface area contributed by atoms with E-state index >= 15 is 0 Å². The number of hydrogen-bond acceptors (Lipinski definition) is 7. The quantitative estimate of drug-likeness (QED) is 0.209. The third-order valence-corrected chi connectivity index (χ3v) is 4.00. The number of aromatic hydroxyl groups is 1. The van der Waals surface area contributed by atoms with Crippen LogP contribution in [0.25, 0.3) is 0 Å². The molecule has 3 atom stereocenters. The number of phenols is 1. The highest BCUT2D eigenvalue weighted by molar-refractivity contribution is 5.93. The molecule has 2 amide bonds. The lowest BCUT2D eigenvalue weighted by Crippen LogP contribution is -2.55. The summed E-state index contributed by atoms with van der Waals surface area (Å²) >= 11 is 0. The van der Waals surface area contributed by atoms with Crippen molar-refractivity contribution in [2.45, 2.75) is 43.8 Å². The predicted octanol–water partition coefficient (Wildman–Crippen LogP) is -1.34. The highest BCUT2D eigenvalue weighted by atomic mass is 16.4. The molecule has 1 aromatic carbocycles. The number of amides is 2. The Morgan fingerprint density at radius 3 is 1.93 bits per heavy atom. The van der Waals surface area contributed by atoms with Crippen LogP contribution in [0.4, 0.5) is 0 Å². The van der Waals surface area contributed by atoms with Gasteiger partial charge in [0.15, 0.2) is 0 Å². The molecule has 12 nitrogen and oxygen atoms in total. The Morgan fingerprint density at radius 1 is 0.867 bits per heavy atom. The molecular formula is C18H23N3O9. The lowest BCUT2D eigenvalue weighted by atomic mass is 10.0. The number of hydrogen-bond donors (Lipinski definition) is 7. The second-order valence-electron chi connectivity index (χ2n) is 6.47. The summed E-state index contributed by atoms with van der Waals surface area (Å²) in [6, 6.07) is 1.34. The molecule has 0 saturated carbocycles. The Kier molecular flexibility index (Phi) is 9.23. The summed E-state index contributed by atoms with van der Waals surface area (Å²) in [7, 11) is 0. The minimum absolute atomic E-state index is 0.0353. The van der Waals surface area contributed by atoms with E-state index in [1.807, 2.05) is 0 Å². The van der Waals surface area contributed by atoms with Gasteiger partial charge in [-0.05, 0) is 24.1 Å². The second kappa shape index (κ2) is 11.4. The Bertz CT molecular complexity index is 795. The minimum Gasteiger partial charge on any atom is -0.508 e. The van der Waals surface area contributed by atoms with Crippen molar-refractivity contribution in [2.75, 3.05) is 0 Å². The van der Waals surface area contributed by atoms with Crippen LogP contribution in [-0.4, -0.2) is 68.3 Å². The van der Waals surface area contributed by atoms with E-state index in [4.69, 9.17) is 15.9 Å². The van der Waals surface area contributed by atoms with Gasteiger partial charge in [-0.1, -0.05) is 12.1 Å². The molecule has 0 radical (unpaired) electrons. The van der Waals surface area contributed by atoms with Crippen LogP contribution in [0.15, 0.2) is 24.3 Å². The first-order chi connectivity index (χ1) is 14.0. The number of nitrogens with one attached hydrogen (secondary N) is 2. The molecule has 1 aromatic rings. The number of phenolic OH excluding ortho intramolecular Hbond substituents is 1. The van der Waals surface area contributed by atoms with E-state index in [2.05, 4.69) is 10.6 Å². The van der Waals surface area contributed by atoms with E-state index in [-0.39, 0.29) is 18.6 Å². The maximum atomic E-state index is 12.6. The van der Waals surface area contributed by atoms with Crippen molar-refractivity contribution < 1.29 is 44.4 Å². The van der Waals surface area contributed by atoms with Gasteiger partial charge in [-0.3, -0.25) is 19.2 Å². The number of carboxylic acids is 3. The van der Waals surface area contributed by atoms with Crippen molar-refractivity contribution in [2.24, 2.45) is 5.73 Å². The average Bonchev–Trinajstić information content (AvgIpc) is 2.64. The van der Waals surface area contributed by atoms with Crippen molar-refractivity contribution in [1.82, 2.24) is 10.6 Å². The Labute approximate surface area is 170 Å². The van der Waals surface area contributed by atoms with Gasteiger partial charge < -0.3 is 36.8 Å². The molecule has 0 aliphatic rings.